The van der Waals surface area contributed by atoms with Crippen LogP contribution in [0.5, 0.6) is 0 Å². The molecule has 0 aromatic carbocycles. The van der Waals surface area contributed by atoms with Crippen molar-refractivity contribution in [3.8, 4) is 0 Å². The Bertz CT molecular complexity index is 1420. The van der Waals surface area contributed by atoms with E-state index < -0.39 is 61.9 Å². The van der Waals surface area contributed by atoms with E-state index >= 15 is 0 Å². The summed E-state index contributed by atoms with van der Waals surface area (Å²) in [6, 6.07) is -3.36. The lowest BCUT2D eigenvalue weighted by Crippen LogP contribution is -2.62. The summed E-state index contributed by atoms with van der Waals surface area (Å²) < 4.78 is 26.2. The van der Waals surface area contributed by atoms with E-state index in [1.165, 1.54) is 6.08 Å². The van der Waals surface area contributed by atoms with Crippen molar-refractivity contribution < 1.29 is 32.4 Å². The maximum atomic E-state index is 14.5. The van der Waals surface area contributed by atoms with Gasteiger partial charge in [-0.25, -0.2) is 13.2 Å². The van der Waals surface area contributed by atoms with E-state index in [1.807, 2.05) is 6.92 Å². The zero-order valence-electron chi connectivity index (χ0n) is 31.6. The second-order valence-corrected chi connectivity index (χ2v) is 19.4. The predicted octanol–water partition coefficient (Wildman–Crippen LogP) is 4.32. The smallest absolute Gasteiger partial charge is 0.315 e. The van der Waals surface area contributed by atoms with Crippen molar-refractivity contribution in [2.75, 3.05) is 18.8 Å². The molecule has 0 aromatic heterocycles. The molecule has 2 aliphatic carbocycles. The Hall–Kier alpha value is -2.96. The van der Waals surface area contributed by atoms with Crippen LogP contribution in [0, 0.1) is 17.3 Å². The molecule has 2 saturated carbocycles. The van der Waals surface area contributed by atoms with Gasteiger partial charge in [-0.2, -0.15) is 0 Å². The summed E-state index contributed by atoms with van der Waals surface area (Å²) >= 11 is 0. The number of ketones is 1. The lowest BCUT2D eigenvalue weighted by molar-refractivity contribution is -0.144. The van der Waals surface area contributed by atoms with Crippen LogP contribution in [0.25, 0.3) is 0 Å². The number of carbonyl (C=O) groups excluding carboxylic acids is 5. The molecule has 51 heavy (non-hydrogen) atoms. The molecule has 13 heteroatoms. The number of carbonyl (C=O) groups is 5. The van der Waals surface area contributed by atoms with Crippen LogP contribution in [-0.4, -0.2) is 90.1 Å². The molecule has 12 nitrogen and oxygen atoms in total. The quantitative estimate of drug-likeness (QED) is 0.191. The van der Waals surface area contributed by atoms with Crippen molar-refractivity contribution in [2.24, 2.45) is 17.3 Å². The normalized spacial score (nSPS) is 28.7. The van der Waals surface area contributed by atoms with Gasteiger partial charge < -0.3 is 26.2 Å². The molecular weight excluding hydrogens is 671 g/mol. The fraction of sp³-hybridized carbons (Fsp3) is 0.816. The molecule has 2 aliphatic heterocycles. The zero-order valence-corrected chi connectivity index (χ0v) is 32.4. The van der Waals surface area contributed by atoms with Crippen LogP contribution in [0.4, 0.5) is 4.79 Å². The van der Waals surface area contributed by atoms with Gasteiger partial charge in [0.1, 0.15) is 12.1 Å². The van der Waals surface area contributed by atoms with Crippen LogP contribution in [-0.2, 0) is 29.0 Å². The van der Waals surface area contributed by atoms with Crippen LogP contribution in [0.1, 0.15) is 131 Å². The van der Waals surface area contributed by atoms with Gasteiger partial charge in [-0.3, -0.25) is 19.2 Å². The fourth-order valence-corrected chi connectivity index (χ4v) is 10.5. The Balaban J connectivity index is 1.58. The number of nitrogens with zero attached hydrogens (tertiary/aromatic N) is 1. The van der Waals surface area contributed by atoms with Gasteiger partial charge in [0.15, 0.2) is 9.84 Å². The number of hydrogen-bond acceptors (Lipinski definition) is 7. The highest BCUT2D eigenvalue weighted by atomic mass is 32.2. The minimum absolute atomic E-state index is 0.0800. The molecule has 5 amide bonds. The molecule has 2 saturated heterocycles. The zero-order chi connectivity index (χ0) is 37.6. The highest BCUT2D eigenvalue weighted by Crippen LogP contribution is 2.65. The van der Waals surface area contributed by atoms with Crippen molar-refractivity contribution in [3.05, 3.63) is 12.7 Å². The highest BCUT2D eigenvalue weighted by molar-refractivity contribution is 7.92. The molecule has 0 radical (unpaired) electrons. The fourth-order valence-electron chi connectivity index (χ4n) is 8.54. The standard InChI is InChI=1S/C38H63N5O7S/c1-7-23-39-33(46)31(44)27-19-15-12-10-9-11-13-16-20-28(34(47)43-24-26-29(37(26,5)6)30(43)32(45)40-27)41-35(48)42-38(21-17-14-18-22-38)25-51(49,50)36(3,4)8-2/h7,26-30H,1,8-25H2,2-6H3,(H,39,46)(H,40,45)(H2,41,42,48)/t26-,27+,28+,29-,30-/m0/s1. The van der Waals surface area contributed by atoms with Crippen LogP contribution < -0.4 is 21.3 Å². The largest absolute Gasteiger partial charge is 0.346 e. The van der Waals surface area contributed by atoms with Crippen LogP contribution in [0.3, 0.4) is 0 Å². The molecule has 4 fully saturated rings. The van der Waals surface area contributed by atoms with Crippen molar-refractivity contribution in [3.63, 3.8) is 0 Å². The first kappa shape index (κ1) is 40.8. The molecule has 4 rings (SSSR count). The summed E-state index contributed by atoms with van der Waals surface area (Å²) in [5.74, 6) is -2.53. The van der Waals surface area contributed by atoms with E-state index in [2.05, 4.69) is 41.7 Å². The highest BCUT2D eigenvalue weighted by Gasteiger charge is 2.69. The minimum Gasteiger partial charge on any atom is -0.346 e. The van der Waals surface area contributed by atoms with Crippen molar-refractivity contribution >= 4 is 39.4 Å². The van der Waals surface area contributed by atoms with Gasteiger partial charge in [0, 0.05) is 13.1 Å². The SMILES string of the molecule is C=CCNC(=O)C(=O)[C@H]1CCCCCCCCC[C@@H](NC(=O)NC2(CS(=O)(=O)C(C)(C)CC)CCCCC2)C(=O)N2C[C@H]3[C@@H]([C@H]2C(=O)N1)C3(C)C. The number of rotatable bonds is 10. The summed E-state index contributed by atoms with van der Waals surface area (Å²) in [6.07, 6.45) is 12.2. The number of urea groups is 1. The number of Topliss-reactive ketones (excluding diaryl/α,β-unsaturated/α-hetero) is 1. The first-order valence-corrected chi connectivity index (χ1v) is 21.0. The van der Waals surface area contributed by atoms with E-state index in [1.54, 1.807) is 18.7 Å². The number of amides is 5. The number of hydrogen-bond donors (Lipinski definition) is 4. The maximum Gasteiger partial charge on any atom is 0.315 e. The van der Waals surface area contributed by atoms with Crippen molar-refractivity contribution in [1.82, 2.24) is 26.2 Å². The second kappa shape index (κ2) is 16.8. The van der Waals surface area contributed by atoms with Gasteiger partial charge in [0.25, 0.3) is 5.91 Å². The lowest BCUT2D eigenvalue weighted by Gasteiger charge is -2.40. The summed E-state index contributed by atoms with van der Waals surface area (Å²) in [6.45, 7) is 13.5. The van der Waals surface area contributed by atoms with Crippen LogP contribution in [0.15, 0.2) is 12.7 Å². The molecule has 4 aliphatic rings. The molecular formula is C38H63N5O7S. The number of sulfone groups is 1. The summed E-state index contributed by atoms with van der Waals surface area (Å²) in [5, 5.41) is 11.4. The monoisotopic (exact) mass is 733 g/mol. The van der Waals surface area contributed by atoms with Gasteiger partial charge in [-0.15, -0.1) is 6.58 Å². The first-order valence-electron chi connectivity index (χ1n) is 19.3. The summed E-state index contributed by atoms with van der Waals surface area (Å²) in [4.78, 5) is 69.9. The lowest BCUT2D eigenvalue weighted by atomic mass is 9.83. The molecule has 288 valence electrons. The van der Waals surface area contributed by atoms with Crippen molar-refractivity contribution in [2.45, 2.75) is 159 Å². The predicted molar refractivity (Wildman–Crippen MR) is 197 cm³/mol. The first-order chi connectivity index (χ1) is 24.0. The van der Waals surface area contributed by atoms with Crippen molar-refractivity contribution in [1.29, 1.82) is 0 Å². The third-order valence-electron chi connectivity index (χ3n) is 12.5. The molecule has 0 aromatic rings. The topological polar surface area (TPSA) is 171 Å². The summed E-state index contributed by atoms with van der Waals surface area (Å²) in [5.41, 5.74) is -1.12. The van der Waals surface area contributed by atoms with E-state index in [0.29, 0.717) is 51.5 Å². The number of piperidine rings is 1. The Morgan fingerprint density at radius 1 is 0.961 bits per heavy atom. The number of nitrogens with one attached hydrogen (secondary N) is 4. The minimum atomic E-state index is -3.56. The van der Waals surface area contributed by atoms with Gasteiger partial charge >= 0.3 is 6.03 Å². The van der Waals surface area contributed by atoms with Gasteiger partial charge in [0.05, 0.1) is 22.1 Å². The molecule has 2 heterocycles. The van der Waals surface area contributed by atoms with E-state index in [0.717, 1.165) is 51.4 Å². The molecule has 5 atom stereocenters. The summed E-state index contributed by atoms with van der Waals surface area (Å²) in [7, 11) is -3.56. The Kier molecular flexibility index (Phi) is 13.4. The van der Waals surface area contributed by atoms with Crippen LogP contribution >= 0.6 is 0 Å². The molecule has 0 unspecified atom stereocenters. The Labute approximate surface area is 305 Å². The maximum absolute atomic E-state index is 14.5. The Morgan fingerprint density at radius 2 is 1.55 bits per heavy atom. The molecule has 0 bridgehead atoms. The van der Waals surface area contributed by atoms with E-state index in [-0.39, 0.29) is 35.5 Å². The average Bonchev–Trinajstić information content (AvgIpc) is 3.38. The van der Waals surface area contributed by atoms with Crippen LogP contribution in [0.2, 0.25) is 0 Å². The molecule has 4 N–H and O–H groups in total. The van der Waals surface area contributed by atoms with Gasteiger partial charge in [-0.05, 0) is 63.2 Å². The van der Waals surface area contributed by atoms with Gasteiger partial charge in [0.2, 0.25) is 17.6 Å². The second-order valence-electron chi connectivity index (χ2n) is 16.7. The van der Waals surface area contributed by atoms with Gasteiger partial charge in [-0.1, -0.05) is 91.1 Å². The Morgan fingerprint density at radius 3 is 2.16 bits per heavy atom. The van der Waals surface area contributed by atoms with E-state index in [4.69, 9.17) is 0 Å². The third kappa shape index (κ3) is 9.53. The average molecular weight is 734 g/mol. The number of fused-ring (bicyclic) bond motifs is 3. The van der Waals surface area contributed by atoms with E-state index in [9.17, 15) is 32.4 Å². The third-order valence-corrected chi connectivity index (χ3v) is 15.4. The molecule has 0 spiro atoms.